The first-order chi connectivity index (χ1) is 8.00. The summed E-state index contributed by atoms with van der Waals surface area (Å²) in [6, 6.07) is 8.76. The lowest BCUT2D eigenvalue weighted by atomic mass is 10.1. The molecule has 0 saturated carbocycles. The number of nitrogens with zero attached hydrogens (tertiary/aromatic N) is 2. The Labute approximate surface area is 126 Å². The van der Waals surface area contributed by atoms with Gasteiger partial charge in [0.2, 0.25) is 0 Å². The third-order valence-electron chi connectivity index (χ3n) is 2.85. The summed E-state index contributed by atoms with van der Waals surface area (Å²) in [5.74, 6) is 0.136. The Kier molecular flexibility index (Phi) is 7.93. The number of rotatable bonds is 5. The molecule has 0 radical (unpaired) electrons. The molecule has 0 aliphatic heterocycles. The van der Waals surface area contributed by atoms with Crippen LogP contribution in [0.2, 0.25) is 0 Å². The van der Waals surface area contributed by atoms with E-state index < -0.39 is 0 Å². The smallest absolute Gasteiger partial charge is 0.186 e. The average Bonchev–Trinajstić information content (AvgIpc) is 2.27. The van der Waals surface area contributed by atoms with Crippen molar-refractivity contribution >= 4 is 29.9 Å². The van der Waals surface area contributed by atoms with E-state index in [1.165, 1.54) is 11.1 Å². The van der Waals surface area contributed by atoms with Crippen molar-refractivity contribution in [1.29, 1.82) is 0 Å². The summed E-state index contributed by atoms with van der Waals surface area (Å²) in [4.78, 5) is 6.35. The van der Waals surface area contributed by atoms with Crippen LogP contribution in [-0.4, -0.2) is 23.9 Å². The predicted octanol–water partition coefficient (Wildman–Crippen LogP) is 1.92. The fourth-order valence-electron chi connectivity index (χ4n) is 1.49. The molecule has 0 aliphatic rings. The van der Waals surface area contributed by atoms with Crippen LogP contribution in [-0.2, 0) is 13.1 Å². The van der Waals surface area contributed by atoms with Gasteiger partial charge in [-0.15, -0.1) is 24.0 Å². The second-order valence-electron chi connectivity index (χ2n) is 4.52. The van der Waals surface area contributed by atoms with E-state index in [0.717, 1.165) is 6.54 Å². The first-order valence-electron chi connectivity index (χ1n) is 5.83. The van der Waals surface area contributed by atoms with E-state index in [9.17, 15) is 0 Å². The van der Waals surface area contributed by atoms with Crippen LogP contribution in [0.4, 0.5) is 0 Å². The number of halogens is 1. The predicted molar refractivity (Wildman–Crippen MR) is 88.0 cm³/mol. The maximum absolute atomic E-state index is 5.36. The third-order valence-corrected chi connectivity index (χ3v) is 2.85. The highest BCUT2D eigenvalue weighted by molar-refractivity contribution is 14.0. The number of benzene rings is 1. The second-order valence-corrected chi connectivity index (χ2v) is 4.52. The first-order valence-corrected chi connectivity index (χ1v) is 5.83. The van der Waals surface area contributed by atoms with Crippen LogP contribution in [0.3, 0.4) is 0 Å². The number of guanidine groups is 1. The van der Waals surface area contributed by atoms with Crippen LogP contribution in [0.1, 0.15) is 25.0 Å². The van der Waals surface area contributed by atoms with Gasteiger partial charge >= 0.3 is 0 Å². The molecule has 0 saturated heterocycles. The first kappa shape index (κ1) is 17.2. The zero-order valence-electron chi connectivity index (χ0n) is 11.3. The van der Waals surface area contributed by atoms with E-state index in [1.54, 1.807) is 0 Å². The van der Waals surface area contributed by atoms with Crippen molar-refractivity contribution in [3.05, 3.63) is 35.4 Å². The Balaban J connectivity index is 0.00000289. The summed E-state index contributed by atoms with van der Waals surface area (Å²) in [6.07, 6.45) is 0. The van der Waals surface area contributed by atoms with Gasteiger partial charge in [-0.25, -0.2) is 4.99 Å². The van der Waals surface area contributed by atoms with Gasteiger partial charge in [-0.3, -0.25) is 4.90 Å². The minimum Gasteiger partial charge on any atom is -0.370 e. The average molecular weight is 362 g/mol. The lowest BCUT2D eigenvalue weighted by Crippen LogP contribution is -2.26. The zero-order chi connectivity index (χ0) is 12.8. The van der Waals surface area contributed by atoms with Gasteiger partial charge in [-0.05, 0) is 32.0 Å². The van der Waals surface area contributed by atoms with E-state index in [4.69, 9.17) is 11.5 Å². The van der Waals surface area contributed by atoms with Crippen molar-refractivity contribution in [2.45, 2.75) is 33.0 Å². The van der Waals surface area contributed by atoms with E-state index in [0.29, 0.717) is 12.6 Å². The zero-order valence-corrected chi connectivity index (χ0v) is 13.6. The molecule has 0 amide bonds. The molecule has 1 aromatic carbocycles. The molecule has 0 aromatic heterocycles. The van der Waals surface area contributed by atoms with Crippen molar-refractivity contribution in [2.75, 3.05) is 7.05 Å². The van der Waals surface area contributed by atoms with Crippen LogP contribution in [0, 0.1) is 0 Å². The van der Waals surface area contributed by atoms with Crippen molar-refractivity contribution in [2.24, 2.45) is 16.5 Å². The van der Waals surface area contributed by atoms with Crippen LogP contribution >= 0.6 is 24.0 Å². The number of hydrogen-bond donors (Lipinski definition) is 2. The Hall–Kier alpha value is -0.820. The molecule has 18 heavy (non-hydrogen) atoms. The monoisotopic (exact) mass is 362 g/mol. The van der Waals surface area contributed by atoms with E-state index >= 15 is 0 Å². The van der Waals surface area contributed by atoms with Crippen LogP contribution in [0.15, 0.2) is 29.3 Å². The molecule has 1 aromatic rings. The molecule has 0 unspecified atom stereocenters. The largest absolute Gasteiger partial charge is 0.370 e. The summed E-state index contributed by atoms with van der Waals surface area (Å²) in [5, 5.41) is 0. The van der Waals surface area contributed by atoms with Gasteiger partial charge in [-0.2, -0.15) is 0 Å². The number of nitrogens with two attached hydrogens (primary N) is 2. The van der Waals surface area contributed by atoms with E-state index in [-0.39, 0.29) is 29.9 Å². The van der Waals surface area contributed by atoms with Gasteiger partial charge in [-0.1, -0.05) is 24.3 Å². The Morgan fingerprint density at radius 2 is 1.78 bits per heavy atom. The van der Waals surface area contributed by atoms with E-state index in [1.807, 2.05) is 12.1 Å². The quantitative estimate of drug-likeness (QED) is 0.478. The summed E-state index contributed by atoms with van der Waals surface area (Å²) in [6.45, 7) is 5.82. The standard InChI is InChI=1S/C13H22N4.HI/c1-10(2)17(3)9-12-7-5-4-6-11(12)8-16-13(14)15;/h4-7,10H,8-9H2,1-3H3,(H4,14,15,16);1H. The summed E-state index contributed by atoms with van der Waals surface area (Å²) >= 11 is 0. The Bertz CT molecular complexity index is 386. The summed E-state index contributed by atoms with van der Waals surface area (Å²) in [5.41, 5.74) is 13.2. The van der Waals surface area contributed by atoms with Crippen LogP contribution < -0.4 is 11.5 Å². The summed E-state index contributed by atoms with van der Waals surface area (Å²) in [7, 11) is 2.11. The Morgan fingerprint density at radius 3 is 2.28 bits per heavy atom. The highest BCUT2D eigenvalue weighted by Gasteiger charge is 2.07. The lowest BCUT2D eigenvalue weighted by molar-refractivity contribution is 0.265. The molecule has 0 atom stereocenters. The molecule has 5 heteroatoms. The Morgan fingerprint density at radius 1 is 1.22 bits per heavy atom. The second kappa shape index (κ2) is 8.31. The number of hydrogen-bond acceptors (Lipinski definition) is 2. The molecule has 0 bridgehead atoms. The van der Waals surface area contributed by atoms with Crippen LogP contribution in [0.5, 0.6) is 0 Å². The van der Waals surface area contributed by atoms with Gasteiger partial charge < -0.3 is 11.5 Å². The SMILES string of the molecule is CC(C)N(C)Cc1ccccc1CN=C(N)N.I. The maximum Gasteiger partial charge on any atom is 0.186 e. The highest BCUT2D eigenvalue weighted by Crippen LogP contribution is 2.13. The molecular weight excluding hydrogens is 339 g/mol. The molecular formula is C13H23IN4. The summed E-state index contributed by atoms with van der Waals surface area (Å²) < 4.78 is 0. The molecule has 102 valence electrons. The van der Waals surface area contributed by atoms with Crippen molar-refractivity contribution in [3.63, 3.8) is 0 Å². The minimum atomic E-state index is 0. The third kappa shape index (κ3) is 5.68. The van der Waals surface area contributed by atoms with Crippen molar-refractivity contribution in [3.8, 4) is 0 Å². The highest BCUT2D eigenvalue weighted by atomic mass is 127. The normalized spacial score (nSPS) is 10.3. The van der Waals surface area contributed by atoms with Gasteiger partial charge in [0.25, 0.3) is 0 Å². The number of aliphatic imine (C=N–C) groups is 1. The molecule has 0 heterocycles. The fourth-order valence-corrected chi connectivity index (χ4v) is 1.49. The van der Waals surface area contributed by atoms with Crippen LogP contribution in [0.25, 0.3) is 0 Å². The van der Waals surface area contributed by atoms with Gasteiger partial charge in [0, 0.05) is 12.6 Å². The molecule has 0 fully saturated rings. The van der Waals surface area contributed by atoms with Crippen molar-refractivity contribution < 1.29 is 0 Å². The van der Waals surface area contributed by atoms with Gasteiger partial charge in [0.05, 0.1) is 6.54 Å². The molecule has 4 nitrogen and oxygen atoms in total. The molecule has 0 spiro atoms. The maximum atomic E-state index is 5.36. The molecule has 4 N–H and O–H groups in total. The minimum absolute atomic E-state index is 0. The van der Waals surface area contributed by atoms with Gasteiger partial charge in [0.15, 0.2) is 5.96 Å². The molecule has 1 rings (SSSR count). The van der Waals surface area contributed by atoms with E-state index in [2.05, 4.69) is 42.9 Å². The lowest BCUT2D eigenvalue weighted by Gasteiger charge is -2.22. The fraction of sp³-hybridized carbons (Fsp3) is 0.462. The van der Waals surface area contributed by atoms with Gasteiger partial charge in [0.1, 0.15) is 0 Å². The molecule has 0 aliphatic carbocycles. The topological polar surface area (TPSA) is 67.6 Å². The van der Waals surface area contributed by atoms with Crippen molar-refractivity contribution in [1.82, 2.24) is 4.90 Å².